The lowest BCUT2D eigenvalue weighted by Gasteiger charge is -2.12. The van der Waals surface area contributed by atoms with Gasteiger partial charge in [-0.3, -0.25) is 4.79 Å². The average molecular weight is 288 g/mol. The molecule has 0 radical (unpaired) electrons. The fourth-order valence-electron chi connectivity index (χ4n) is 2.10. The van der Waals surface area contributed by atoms with Crippen LogP contribution in [0.2, 0.25) is 10.0 Å². The summed E-state index contributed by atoms with van der Waals surface area (Å²) >= 11 is 11.9. The van der Waals surface area contributed by atoms with Crippen molar-refractivity contribution in [1.29, 1.82) is 0 Å². The third kappa shape index (κ3) is 3.23. The fraction of sp³-hybridized carbons (Fsp3) is 0.462. The van der Waals surface area contributed by atoms with Crippen LogP contribution in [-0.2, 0) is 16.0 Å². The number of halogens is 2. The lowest BCUT2D eigenvalue weighted by Crippen LogP contribution is -2.26. The quantitative estimate of drug-likeness (QED) is 0.926. The van der Waals surface area contributed by atoms with E-state index in [0.717, 1.165) is 18.4 Å². The van der Waals surface area contributed by atoms with E-state index < -0.39 is 0 Å². The van der Waals surface area contributed by atoms with Gasteiger partial charge in [0.15, 0.2) is 5.78 Å². The predicted molar refractivity (Wildman–Crippen MR) is 72.1 cm³/mol. The molecule has 1 fully saturated rings. The Kier molecular flexibility index (Phi) is 4.62. The molecule has 0 bridgehead atoms. The molecule has 1 saturated heterocycles. The van der Waals surface area contributed by atoms with Crippen LogP contribution in [-0.4, -0.2) is 24.5 Å². The number of carbonyl (C=O) groups excluding carboxylic acids is 1. The summed E-state index contributed by atoms with van der Waals surface area (Å²) in [5, 5.41) is 1.13. The van der Waals surface area contributed by atoms with Gasteiger partial charge in [0.25, 0.3) is 0 Å². The smallest absolute Gasteiger partial charge is 0.165 e. The summed E-state index contributed by atoms with van der Waals surface area (Å²) in [4.78, 5) is 12.1. The maximum atomic E-state index is 12.1. The van der Waals surface area contributed by atoms with Crippen LogP contribution in [0.1, 0.15) is 18.4 Å². The molecule has 0 spiro atoms. The molecule has 3 nitrogen and oxygen atoms in total. The summed E-state index contributed by atoms with van der Waals surface area (Å²) in [5.41, 5.74) is 6.26. The summed E-state index contributed by atoms with van der Waals surface area (Å²) in [7, 11) is 0. The Hall–Kier alpha value is -0.610. The van der Waals surface area contributed by atoms with E-state index in [-0.39, 0.29) is 24.4 Å². The standard InChI is InChI=1S/C13H15Cl2NO2/c14-9-1-3-11(15)8(5-9)6-12(17)13-4-2-10(7-16)18-13/h1,3,5,10,13H,2,4,6-7,16H2. The molecule has 1 aliphatic rings. The normalized spacial score (nSPS) is 23.3. The van der Waals surface area contributed by atoms with E-state index in [0.29, 0.717) is 16.6 Å². The molecule has 0 saturated carbocycles. The third-order valence-electron chi connectivity index (χ3n) is 3.10. The van der Waals surface area contributed by atoms with Gasteiger partial charge in [-0.1, -0.05) is 23.2 Å². The average Bonchev–Trinajstić information content (AvgIpc) is 2.82. The van der Waals surface area contributed by atoms with Crippen LogP contribution in [0.3, 0.4) is 0 Å². The van der Waals surface area contributed by atoms with Crippen molar-refractivity contribution in [3.63, 3.8) is 0 Å². The molecule has 0 amide bonds. The van der Waals surface area contributed by atoms with Crippen molar-refractivity contribution in [2.24, 2.45) is 5.73 Å². The minimum Gasteiger partial charge on any atom is -0.366 e. The van der Waals surface area contributed by atoms with Gasteiger partial charge in [-0.2, -0.15) is 0 Å². The molecule has 1 aromatic rings. The van der Waals surface area contributed by atoms with Crippen LogP contribution in [0.5, 0.6) is 0 Å². The first-order chi connectivity index (χ1) is 8.60. The number of ketones is 1. The number of benzene rings is 1. The van der Waals surface area contributed by atoms with E-state index in [9.17, 15) is 4.79 Å². The number of nitrogens with two attached hydrogens (primary N) is 1. The highest BCUT2D eigenvalue weighted by atomic mass is 35.5. The molecule has 0 aromatic heterocycles. The number of ether oxygens (including phenoxy) is 1. The molecule has 2 atom stereocenters. The lowest BCUT2D eigenvalue weighted by atomic mass is 10.0. The monoisotopic (exact) mass is 287 g/mol. The number of hydrogen-bond donors (Lipinski definition) is 1. The molecule has 1 aromatic carbocycles. The number of Topliss-reactive ketones (excluding diaryl/α,β-unsaturated/α-hetero) is 1. The minimum atomic E-state index is -0.353. The summed E-state index contributed by atoms with van der Waals surface area (Å²) in [6.07, 6.45) is 1.48. The zero-order valence-electron chi connectivity index (χ0n) is 9.86. The molecule has 0 aliphatic carbocycles. The van der Waals surface area contributed by atoms with Gasteiger partial charge in [-0.25, -0.2) is 0 Å². The van der Waals surface area contributed by atoms with Crippen LogP contribution in [0, 0.1) is 0 Å². The van der Waals surface area contributed by atoms with Gasteiger partial charge < -0.3 is 10.5 Å². The Balaban J connectivity index is 2.01. The van der Waals surface area contributed by atoms with Gasteiger partial charge in [0, 0.05) is 23.0 Å². The Morgan fingerprint density at radius 1 is 1.39 bits per heavy atom. The first-order valence-corrected chi connectivity index (χ1v) is 6.68. The van der Waals surface area contributed by atoms with Crippen LogP contribution in [0.15, 0.2) is 18.2 Å². The van der Waals surface area contributed by atoms with Crippen LogP contribution in [0.25, 0.3) is 0 Å². The van der Waals surface area contributed by atoms with Crippen LogP contribution >= 0.6 is 23.2 Å². The molecular weight excluding hydrogens is 273 g/mol. The van der Waals surface area contributed by atoms with Crippen molar-refractivity contribution in [1.82, 2.24) is 0 Å². The van der Waals surface area contributed by atoms with Gasteiger partial charge in [0.05, 0.1) is 6.10 Å². The van der Waals surface area contributed by atoms with Crippen molar-refractivity contribution >= 4 is 29.0 Å². The molecule has 2 N–H and O–H groups in total. The zero-order chi connectivity index (χ0) is 13.1. The number of carbonyl (C=O) groups is 1. The first-order valence-electron chi connectivity index (χ1n) is 5.92. The van der Waals surface area contributed by atoms with Crippen LogP contribution < -0.4 is 5.73 Å². The summed E-state index contributed by atoms with van der Waals surface area (Å²) < 4.78 is 5.56. The molecule has 1 heterocycles. The highest BCUT2D eigenvalue weighted by Crippen LogP contribution is 2.25. The van der Waals surface area contributed by atoms with E-state index in [4.69, 9.17) is 33.7 Å². The summed E-state index contributed by atoms with van der Waals surface area (Å²) in [6, 6.07) is 5.12. The maximum Gasteiger partial charge on any atom is 0.165 e. The van der Waals surface area contributed by atoms with Gasteiger partial charge in [-0.15, -0.1) is 0 Å². The van der Waals surface area contributed by atoms with Crippen LogP contribution in [0.4, 0.5) is 0 Å². The number of hydrogen-bond acceptors (Lipinski definition) is 3. The lowest BCUT2D eigenvalue weighted by molar-refractivity contribution is -0.128. The second-order valence-electron chi connectivity index (χ2n) is 4.44. The van der Waals surface area contributed by atoms with E-state index >= 15 is 0 Å². The second kappa shape index (κ2) is 6.02. The van der Waals surface area contributed by atoms with Crippen molar-refractivity contribution in [3.8, 4) is 0 Å². The minimum absolute atomic E-state index is 0.00813. The van der Waals surface area contributed by atoms with Gasteiger partial charge in [-0.05, 0) is 36.6 Å². The predicted octanol–water partition coefficient (Wildman–Crippen LogP) is 2.61. The second-order valence-corrected chi connectivity index (χ2v) is 5.28. The van der Waals surface area contributed by atoms with Crippen molar-refractivity contribution in [2.45, 2.75) is 31.5 Å². The SMILES string of the molecule is NCC1CCC(C(=O)Cc2cc(Cl)ccc2Cl)O1. The van der Waals surface area contributed by atoms with E-state index in [1.807, 2.05) is 0 Å². The molecular formula is C13H15Cl2NO2. The van der Waals surface area contributed by atoms with Crippen molar-refractivity contribution in [2.75, 3.05) is 6.54 Å². The topological polar surface area (TPSA) is 52.3 Å². The molecule has 98 valence electrons. The molecule has 2 unspecified atom stereocenters. The Morgan fingerprint density at radius 3 is 2.83 bits per heavy atom. The summed E-state index contributed by atoms with van der Waals surface area (Å²) in [6.45, 7) is 0.460. The van der Waals surface area contributed by atoms with Gasteiger partial charge in [0.2, 0.25) is 0 Å². The van der Waals surface area contributed by atoms with E-state index in [2.05, 4.69) is 0 Å². The highest BCUT2D eigenvalue weighted by molar-refractivity contribution is 6.33. The first kappa shape index (κ1) is 13.8. The zero-order valence-corrected chi connectivity index (χ0v) is 11.4. The summed E-state index contributed by atoms with van der Waals surface area (Å²) in [5.74, 6) is 0.0371. The Morgan fingerprint density at radius 2 is 2.17 bits per heavy atom. The fourth-order valence-corrected chi connectivity index (χ4v) is 2.48. The Bertz CT molecular complexity index is 451. The van der Waals surface area contributed by atoms with Crippen molar-refractivity contribution in [3.05, 3.63) is 33.8 Å². The highest BCUT2D eigenvalue weighted by Gasteiger charge is 2.29. The van der Waals surface area contributed by atoms with Gasteiger partial charge >= 0.3 is 0 Å². The molecule has 2 rings (SSSR count). The molecule has 1 aliphatic heterocycles. The molecule has 18 heavy (non-hydrogen) atoms. The van der Waals surface area contributed by atoms with E-state index in [1.165, 1.54) is 0 Å². The number of rotatable bonds is 4. The third-order valence-corrected chi connectivity index (χ3v) is 3.71. The van der Waals surface area contributed by atoms with E-state index in [1.54, 1.807) is 18.2 Å². The van der Waals surface area contributed by atoms with Crippen molar-refractivity contribution < 1.29 is 9.53 Å². The maximum absolute atomic E-state index is 12.1. The van der Waals surface area contributed by atoms with Gasteiger partial charge in [0.1, 0.15) is 6.10 Å². The Labute approximate surface area is 116 Å². The largest absolute Gasteiger partial charge is 0.366 e. The molecule has 5 heteroatoms.